The van der Waals surface area contributed by atoms with E-state index >= 15 is 0 Å². The van der Waals surface area contributed by atoms with E-state index in [1.54, 1.807) is 0 Å². The van der Waals surface area contributed by atoms with Crippen molar-refractivity contribution >= 4 is 11.9 Å². The lowest BCUT2D eigenvalue weighted by Gasteiger charge is -2.26. The number of hydrogen-bond donors (Lipinski definition) is 0. The second-order valence-electron chi connectivity index (χ2n) is 10.0. The van der Waals surface area contributed by atoms with Crippen LogP contribution in [0, 0.1) is 0 Å². The Kier molecular flexibility index (Phi) is 23.4. The number of rotatable bonds is 24. The second kappa shape index (κ2) is 24.2. The quantitative estimate of drug-likeness (QED) is 0.0739. The van der Waals surface area contributed by atoms with Gasteiger partial charge in [0.05, 0.1) is 12.2 Å². The molecule has 0 radical (unpaired) electrons. The summed E-state index contributed by atoms with van der Waals surface area (Å²) >= 11 is 0. The summed E-state index contributed by atoms with van der Waals surface area (Å²) in [4.78, 5) is 25.3. The largest absolute Gasteiger partial charge is 0.451 e. The lowest BCUT2D eigenvalue weighted by molar-refractivity contribution is -0.182. The number of carbonyl (C=O) groups excluding carboxylic acids is 2. The summed E-state index contributed by atoms with van der Waals surface area (Å²) in [5.74, 6) is -1.86. The molecule has 0 aromatic carbocycles. The van der Waals surface area contributed by atoms with E-state index in [1.165, 1.54) is 64.2 Å². The van der Waals surface area contributed by atoms with Crippen LogP contribution < -0.4 is 0 Å². The van der Waals surface area contributed by atoms with Crippen molar-refractivity contribution in [2.45, 2.75) is 169 Å². The Morgan fingerprint density at radius 3 is 1.11 bits per heavy atom. The monoisotopic (exact) mass is 514 g/mol. The van der Waals surface area contributed by atoms with Crippen LogP contribution in [0.3, 0.4) is 0 Å². The molecule has 6 heteroatoms. The average Bonchev–Trinajstić information content (AvgIpc) is 2.86. The number of hydrogen-bond acceptors (Lipinski definition) is 6. The Hall–Kier alpha value is -1.14. The molecule has 0 heterocycles. The molecule has 0 bridgehead atoms. The van der Waals surface area contributed by atoms with Crippen molar-refractivity contribution in [2.24, 2.45) is 0 Å². The van der Waals surface area contributed by atoms with E-state index in [9.17, 15) is 9.59 Å². The van der Waals surface area contributed by atoms with E-state index in [4.69, 9.17) is 18.9 Å². The third kappa shape index (κ3) is 18.2. The zero-order valence-corrected chi connectivity index (χ0v) is 24.5. The molecule has 0 saturated carbocycles. The average molecular weight is 515 g/mol. The van der Waals surface area contributed by atoms with E-state index in [-0.39, 0.29) is 12.2 Å². The molecule has 0 N–H and O–H groups in total. The summed E-state index contributed by atoms with van der Waals surface area (Å²) in [6, 6.07) is 0. The third-order valence-electron chi connectivity index (χ3n) is 6.77. The molecule has 0 aromatic rings. The maximum Gasteiger partial charge on any atom is 0.417 e. The second-order valence-corrected chi connectivity index (χ2v) is 10.0. The van der Waals surface area contributed by atoms with Crippen molar-refractivity contribution in [2.75, 3.05) is 13.2 Å². The molecule has 0 rings (SSSR count). The maximum atomic E-state index is 12.7. The Balaban J connectivity index is 4.74. The minimum absolute atomic E-state index is 0.266. The van der Waals surface area contributed by atoms with Crippen LogP contribution >= 0.6 is 0 Å². The van der Waals surface area contributed by atoms with Crippen LogP contribution in [0.2, 0.25) is 0 Å². The van der Waals surface area contributed by atoms with Crippen molar-refractivity contribution in [1.29, 1.82) is 0 Å². The van der Waals surface area contributed by atoms with Crippen molar-refractivity contribution in [3.8, 4) is 0 Å². The summed E-state index contributed by atoms with van der Waals surface area (Å²) in [6.45, 7) is 13.1. The van der Waals surface area contributed by atoms with Crippen LogP contribution in [0.25, 0.3) is 0 Å². The first kappa shape index (κ1) is 34.9. The molecule has 0 spiro atoms. The molecule has 4 atom stereocenters. The first-order chi connectivity index (χ1) is 17.4. The molecule has 0 aliphatic carbocycles. The van der Waals surface area contributed by atoms with Gasteiger partial charge >= 0.3 is 11.9 Å². The summed E-state index contributed by atoms with van der Waals surface area (Å²) in [5, 5.41) is 0. The zero-order valence-electron chi connectivity index (χ0n) is 24.5. The van der Waals surface area contributed by atoms with Gasteiger partial charge in [0, 0.05) is 13.2 Å². The summed E-state index contributed by atoms with van der Waals surface area (Å²) in [5.41, 5.74) is 0. The van der Waals surface area contributed by atoms with Crippen LogP contribution in [0.15, 0.2) is 0 Å². The van der Waals surface area contributed by atoms with Crippen LogP contribution in [0.5, 0.6) is 0 Å². The molecule has 0 aromatic heterocycles. The fourth-order valence-electron chi connectivity index (χ4n) is 4.50. The van der Waals surface area contributed by atoms with Gasteiger partial charge in [-0.3, -0.25) is 0 Å². The highest BCUT2D eigenvalue weighted by molar-refractivity contribution is 6.29. The summed E-state index contributed by atoms with van der Waals surface area (Å²) < 4.78 is 22.6. The molecular weight excluding hydrogens is 456 g/mol. The minimum atomic E-state index is -0.928. The smallest absolute Gasteiger partial charge is 0.417 e. The highest BCUT2D eigenvalue weighted by Crippen LogP contribution is 2.18. The van der Waals surface area contributed by atoms with Crippen LogP contribution in [-0.4, -0.2) is 49.6 Å². The van der Waals surface area contributed by atoms with Gasteiger partial charge in [-0.2, -0.15) is 0 Å². The highest BCUT2D eigenvalue weighted by Gasteiger charge is 2.30. The zero-order chi connectivity index (χ0) is 27.0. The van der Waals surface area contributed by atoms with Gasteiger partial charge in [0.25, 0.3) is 0 Å². The minimum Gasteiger partial charge on any atom is -0.451 e. The molecule has 4 unspecified atom stereocenters. The number of ether oxygens (including phenoxy) is 4. The van der Waals surface area contributed by atoms with Gasteiger partial charge in [-0.05, 0) is 53.4 Å². The number of unbranched alkanes of at least 4 members (excludes halogenated alkanes) is 12. The van der Waals surface area contributed by atoms with Gasteiger partial charge in [0.15, 0.2) is 0 Å². The lowest BCUT2D eigenvalue weighted by atomic mass is 10.0. The molecule has 0 saturated heterocycles. The molecule has 6 nitrogen and oxygen atoms in total. The lowest BCUT2D eigenvalue weighted by Crippen LogP contribution is -2.38. The Morgan fingerprint density at radius 2 is 0.806 bits per heavy atom. The van der Waals surface area contributed by atoms with Gasteiger partial charge < -0.3 is 18.9 Å². The maximum absolute atomic E-state index is 12.7. The van der Waals surface area contributed by atoms with E-state index in [2.05, 4.69) is 13.8 Å². The molecule has 36 heavy (non-hydrogen) atoms. The normalized spacial score (nSPS) is 14.7. The first-order valence-corrected chi connectivity index (χ1v) is 15.1. The van der Waals surface area contributed by atoms with Gasteiger partial charge in [-0.1, -0.05) is 90.9 Å². The van der Waals surface area contributed by atoms with Crippen LogP contribution in [0.4, 0.5) is 0 Å². The fourth-order valence-corrected chi connectivity index (χ4v) is 4.50. The Morgan fingerprint density at radius 1 is 0.500 bits per heavy atom. The van der Waals surface area contributed by atoms with Crippen molar-refractivity contribution in [1.82, 2.24) is 0 Å². The predicted octanol–water partition coefficient (Wildman–Crippen LogP) is 7.94. The van der Waals surface area contributed by atoms with Crippen LogP contribution in [-0.2, 0) is 28.5 Å². The third-order valence-corrected chi connectivity index (χ3v) is 6.77. The number of esters is 2. The van der Waals surface area contributed by atoms with E-state index < -0.39 is 24.1 Å². The number of carbonyl (C=O) groups is 2. The van der Waals surface area contributed by atoms with Gasteiger partial charge in [0.2, 0.25) is 0 Å². The Bertz CT molecular complexity index is 478. The first-order valence-electron chi connectivity index (χ1n) is 15.1. The van der Waals surface area contributed by atoms with Crippen molar-refractivity contribution in [3.05, 3.63) is 0 Å². The van der Waals surface area contributed by atoms with Gasteiger partial charge in [0.1, 0.15) is 12.2 Å². The standard InChI is InChI=1S/C30H58O6/c1-7-11-13-15-17-19-21-23-27(25(5)33-9-3)35-29(31)30(32)36-28(26(6)34-10-4)24-22-20-18-16-14-12-8-2/h25-28H,7-24H2,1-6H3. The molecule has 0 aliphatic heterocycles. The van der Waals surface area contributed by atoms with Gasteiger partial charge in [-0.15, -0.1) is 0 Å². The van der Waals surface area contributed by atoms with E-state index in [0.29, 0.717) is 26.1 Å². The molecular formula is C30H58O6. The highest BCUT2D eigenvalue weighted by atomic mass is 16.6. The SMILES string of the molecule is CCCCCCCCCC(OC(=O)C(=O)OC(CCCCCCCCC)C(C)OCC)C(C)OCC. The Labute approximate surface area is 222 Å². The van der Waals surface area contributed by atoms with Crippen LogP contribution in [0.1, 0.15) is 144 Å². The predicted molar refractivity (Wildman–Crippen MR) is 147 cm³/mol. The molecule has 214 valence electrons. The summed E-state index contributed by atoms with van der Waals surface area (Å²) in [7, 11) is 0. The molecule has 0 aliphatic rings. The molecule has 0 fully saturated rings. The van der Waals surface area contributed by atoms with Crippen molar-refractivity contribution < 1.29 is 28.5 Å². The van der Waals surface area contributed by atoms with E-state index in [0.717, 1.165) is 25.7 Å². The van der Waals surface area contributed by atoms with Crippen molar-refractivity contribution in [3.63, 3.8) is 0 Å². The topological polar surface area (TPSA) is 71.1 Å². The fraction of sp³-hybridized carbons (Fsp3) is 0.933. The van der Waals surface area contributed by atoms with E-state index in [1.807, 2.05) is 27.7 Å². The van der Waals surface area contributed by atoms with Gasteiger partial charge in [-0.25, -0.2) is 9.59 Å². The molecule has 0 amide bonds. The summed E-state index contributed by atoms with van der Waals surface area (Å²) in [6.07, 6.45) is 16.4.